The third-order valence-electron chi connectivity index (χ3n) is 12.2. The van der Waals surface area contributed by atoms with Crippen molar-refractivity contribution in [1.82, 2.24) is 0 Å². The summed E-state index contributed by atoms with van der Waals surface area (Å²) in [5.74, 6) is 0. The summed E-state index contributed by atoms with van der Waals surface area (Å²) < 4.78 is 0. The van der Waals surface area contributed by atoms with Crippen LogP contribution in [0.15, 0.2) is 200 Å². The van der Waals surface area contributed by atoms with E-state index in [4.69, 9.17) is 0 Å². The molecule has 56 heavy (non-hydrogen) atoms. The van der Waals surface area contributed by atoms with Gasteiger partial charge in [-0.05, 0) is 113 Å². The van der Waals surface area contributed by atoms with Gasteiger partial charge in [-0.15, -0.1) is 0 Å². The number of fused-ring (bicyclic) bond motifs is 6. The molecule has 10 aromatic carbocycles. The molecule has 0 amide bonds. The molecule has 1 aliphatic carbocycles. The topological polar surface area (TPSA) is 3.24 Å². The third-order valence-corrected chi connectivity index (χ3v) is 12.2. The summed E-state index contributed by atoms with van der Waals surface area (Å²) in [7, 11) is 0. The first kappa shape index (κ1) is 32.5. The van der Waals surface area contributed by atoms with E-state index >= 15 is 0 Å². The molecule has 264 valence electrons. The number of rotatable bonds is 5. The van der Waals surface area contributed by atoms with Crippen molar-refractivity contribution in [2.24, 2.45) is 0 Å². The number of hydrogen-bond donors (Lipinski definition) is 0. The molecule has 0 N–H and O–H groups in total. The van der Waals surface area contributed by atoms with Crippen molar-refractivity contribution in [3.8, 4) is 33.4 Å². The zero-order valence-electron chi connectivity index (χ0n) is 31.5. The van der Waals surface area contributed by atoms with Crippen LogP contribution in [0.3, 0.4) is 0 Å². The van der Waals surface area contributed by atoms with Crippen molar-refractivity contribution in [3.63, 3.8) is 0 Å². The van der Waals surface area contributed by atoms with Gasteiger partial charge in [0.25, 0.3) is 0 Å². The molecule has 1 nitrogen and oxygen atoms in total. The molecular weight excluding hydrogens is 675 g/mol. The van der Waals surface area contributed by atoms with Gasteiger partial charge in [0.05, 0.1) is 11.4 Å². The average molecular weight is 714 g/mol. The van der Waals surface area contributed by atoms with Crippen molar-refractivity contribution < 1.29 is 0 Å². The van der Waals surface area contributed by atoms with Crippen LogP contribution < -0.4 is 4.90 Å². The number of hydrogen-bond acceptors (Lipinski definition) is 1. The fourth-order valence-electron chi connectivity index (χ4n) is 9.56. The SMILES string of the molecule is CC1(C)c2c(cccc2N(c2ccc(-c3ccccc3)cc2)c2cc3ccccc3c3ccccc23)-c2c(-c3ccc4ccccc4c3)ccc3cccc1c23. The molecule has 0 aliphatic heterocycles. The highest BCUT2D eigenvalue weighted by molar-refractivity contribution is 6.16. The molecule has 11 rings (SSSR count). The second-order valence-corrected chi connectivity index (χ2v) is 15.7. The fourth-order valence-corrected chi connectivity index (χ4v) is 9.56. The van der Waals surface area contributed by atoms with Crippen LogP contribution in [0.25, 0.3) is 76.5 Å². The first-order valence-electron chi connectivity index (χ1n) is 19.6. The lowest BCUT2D eigenvalue weighted by Crippen LogP contribution is -2.27. The minimum Gasteiger partial charge on any atom is -0.310 e. The van der Waals surface area contributed by atoms with E-state index in [-0.39, 0.29) is 5.41 Å². The van der Waals surface area contributed by atoms with Gasteiger partial charge in [0.1, 0.15) is 0 Å². The molecule has 0 bridgehead atoms. The zero-order valence-corrected chi connectivity index (χ0v) is 31.5. The summed E-state index contributed by atoms with van der Waals surface area (Å²) in [5, 5.41) is 10.1. The molecular formula is C55H39N. The van der Waals surface area contributed by atoms with Crippen LogP contribution in [0.1, 0.15) is 25.0 Å². The van der Waals surface area contributed by atoms with Gasteiger partial charge >= 0.3 is 0 Å². The normalized spacial score (nSPS) is 13.0. The van der Waals surface area contributed by atoms with Gasteiger partial charge in [-0.1, -0.05) is 184 Å². The highest BCUT2D eigenvalue weighted by Gasteiger charge is 2.38. The van der Waals surface area contributed by atoms with Crippen LogP contribution in [0.5, 0.6) is 0 Å². The monoisotopic (exact) mass is 713 g/mol. The van der Waals surface area contributed by atoms with Crippen LogP contribution in [0, 0.1) is 0 Å². The van der Waals surface area contributed by atoms with Crippen molar-refractivity contribution in [2.45, 2.75) is 19.3 Å². The highest BCUT2D eigenvalue weighted by Crippen LogP contribution is 2.56. The molecule has 0 unspecified atom stereocenters. The van der Waals surface area contributed by atoms with Crippen molar-refractivity contribution in [2.75, 3.05) is 4.90 Å². The lowest BCUT2D eigenvalue weighted by Gasteiger charge is -2.40. The van der Waals surface area contributed by atoms with E-state index in [9.17, 15) is 0 Å². The van der Waals surface area contributed by atoms with Gasteiger partial charge in [-0.3, -0.25) is 0 Å². The first-order valence-corrected chi connectivity index (χ1v) is 19.6. The Morgan fingerprint density at radius 1 is 0.375 bits per heavy atom. The zero-order chi connectivity index (χ0) is 37.4. The number of anilines is 3. The van der Waals surface area contributed by atoms with E-state index in [2.05, 4.69) is 219 Å². The van der Waals surface area contributed by atoms with Gasteiger partial charge in [0.15, 0.2) is 0 Å². The molecule has 0 saturated heterocycles. The second-order valence-electron chi connectivity index (χ2n) is 15.7. The summed E-state index contributed by atoms with van der Waals surface area (Å²) in [6.45, 7) is 4.84. The lowest BCUT2D eigenvalue weighted by molar-refractivity contribution is 0.646. The fraction of sp³-hybridized carbons (Fsp3) is 0.0545. The van der Waals surface area contributed by atoms with Crippen LogP contribution in [-0.4, -0.2) is 0 Å². The maximum Gasteiger partial charge on any atom is 0.0546 e. The van der Waals surface area contributed by atoms with Crippen molar-refractivity contribution >= 4 is 60.2 Å². The largest absolute Gasteiger partial charge is 0.310 e. The van der Waals surface area contributed by atoms with Gasteiger partial charge in [-0.2, -0.15) is 0 Å². The van der Waals surface area contributed by atoms with E-state index in [1.54, 1.807) is 0 Å². The molecule has 1 heteroatoms. The maximum absolute atomic E-state index is 2.54. The number of benzene rings is 10. The summed E-state index contributed by atoms with van der Waals surface area (Å²) in [6.07, 6.45) is 0. The third kappa shape index (κ3) is 4.94. The minimum absolute atomic E-state index is 0.310. The van der Waals surface area contributed by atoms with E-state index in [0.29, 0.717) is 0 Å². The summed E-state index contributed by atoms with van der Waals surface area (Å²) >= 11 is 0. The van der Waals surface area contributed by atoms with E-state index < -0.39 is 0 Å². The van der Waals surface area contributed by atoms with Crippen LogP contribution in [-0.2, 0) is 5.41 Å². The standard InChI is InChI=1S/C55H39N/c1-55(2)49-24-12-19-39-30-33-45(42-27-26-37-16-6-7-17-40(37)34-42)53(52(39)49)48-23-13-25-50(54(48)55)56(43-31-28-38(29-32-43)36-14-4-3-5-15-36)51-35-41-18-8-9-20-44(41)46-21-10-11-22-47(46)51/h3-35H,1-2H3. The van der Waals surface area contributed by atoms with E-state index in [1.807, 2.05) is 0 Å². The van der Waals surface area contributed by atoms with Gasteiger partial charge in [0, 0.05) is 16.5 Å². The molecule has 0 heterocycles. The van der Waals surface area contributed by atoms with Gasteiger partial charge in [0.2, 0.25) is 0 Å². The Balaban J connectivity index is 1.22. The Morgan fingerprint density at radius 3 is 1.82 bits per heavy atom. The maximum atomic E-state index is 2.54. The molecule has 0 saturated carbocycles. The van der Waals surface area contributed by atoms with Crippen LogP contribution in [0.4, 0.5) is 17.1 Å². The molecule has 10 aromatic rings. The molecule has 0 spiro atoms. The first-order chi connectivity index (χ1) is 27.5. The van der Waals surface area contributed by atoms with Gasteiger partial charge in [-0.25, -0.2) is 0 Å². The van der Waals surface area contributed by atoms with Crippen LogP contribution in [0.2, 0.25) is 0 Å². The Labute approximate surface area is 327 Å². The quantitative estimate of drug-likeness (QED) is 0.161. The van der Waals surface area contributed by atoms with Crippen LogP contribution >= 0.6 is 0 Å². The Morgan fingerprint density at radius 2 is 1.00 bits per heavy atom. The highest BCUT2D eigenvalue weighted by atomic mass is 15.1. The minimum atomic E-state index is -0.310. The molecule has 0 atom stereocenters. The van der Waals surface area contributed by atoms with Crippen molar-refractivity contribution in [3.05, 3.63) is 211 Å². The van der Waals surface area contributed by atoms with E-state index in [0.717, 1.165) is 5.69 Å². The second kappa shape index (κ2) is 12.5. The average Bonchev–Trinajstić information content (AvgIpc) is 3.26. The molecule has 0 fully saturated rings. The Bertz CT molecular complexity index is 3150. The summed E-state index contributed by atoms with van der Waals surface area (Å²) in [5.41, 5.74) is 13.4. The predicted octanol–water partition coefficient (Wildman–Crippen LogP) is 15.4. The lowest BCUT2D eigenvalue weighted by atomic mass is 9.66. The molecule has 1 aliphatic rings. The number of nitrogens with zero attached hydrogens (tertiary/aromatic N) is 1. The van der Waals surface area contributed by atoms with E-state index in [1.165, 1.54) is 99.0 Å². The summed E-state index contributed by atoms with van der Waals surface area (Å²) in [6, 6.07) is 74.0. The predicted molar refractivity (Wildman–Crippen MR) is 240 cm³/mol. The molecule has 0 radical (unpaired) electrons. The molecule has 0 aromatic heterocycles. The van der Waals surface area contributed by atoms with Gasteiger partial charge < -0.3 is 4.90 Å². The van der Waals surface area contributed by atoms with Crippen molar-refractivity contribution in [1.29, 1.82) is 0 Å². The Hall–Kier alpha value is -6.96. The Kier molecular flexibility index (Phi) is 7.28. The summed E-state index contributed by atoms with van der Waals surface area (Å²) in [4.78, 5) is 2.54. The smallest absolute Gasteiger partial charge is 0.0546 e.